The van der Waals surface area contributed by atoms with Crippen LogP contribution < -0.4 is 11.1 Å². The van der Waals surface area contributed by atoms with Gasteiger partial charge in [0.25, 0.3) is 0 Å². The summed E-state index contributed by atoms with van der Waals surface area (Å²) in [5, 5.41) is 2.93. The fraction of sp³-hybridized carbons (Fsp3) is 0.462. The summed E-state index contributed by atoms with van der Waals surface area (Å²) in [4.78, 5) is 11.8. The number of hydrogen-bond donors (Lipinski definition) is 2. The van der Waals surface area contributed by atoms with Gasteiger partial charge in [0.15, 0.2) is 9.84 Å². The van der Waals surface area contributed by atoms with Crippen molar-refractivity contribution in [1.29, 1.82) is 0 Å². The van der Waals surface area contributed by atoms with E-state index in [1.807, 2.05) is 13.8 Å². The lowest BCUT2D eigenvalue weighted by atomic mass is 10.2. The van der Waals surface area contributed by atoms with Gasteiger partial charge in [0.05, 0.1) is 17.1 Å². The Hall–Kier alpha value is -1.27. The molecule has 0 heterocycles. The van der Waals surface area contributed by atoms with E-state index in [-0.39, 0.29) is 11.7 Å². The molecule has 0 aliphatic carbocycles. The zero-order valence-electron chi connectivity index (χ0n) is 11.5. The van der Waals surface area contributed by atoms with Gasteiger partial charge in [-0.05, 0) is 24.1 Å². The maximum Gasteiger partial charge on any atom is 0.239 e. The number of amides is 1. The normalized spacial score (nSPS) is 12.9. The molecule has 0 aliphatic heterocycles. The van der Waals surface area contributed by atoms with Gasteiger partial charge in [0.2, 0.25) is 5.91 Å². The van der Waals surface area contributed by atoms with E-state index >= 15 is 0 Å². The van der Waals surface area contributed by atoms with Gasteiger partial charge in [-0.25, -0.2) is 8.42 Å². The minimum atomic E-state index is -3.41. The highest BCUT2D eigenvalue weighted by atomic mass is 35.5. The molecule has 1 unspecified atom stereocenters. The van der Waals surface area contributed by atoms with Gasteiger partial charge in [0, 0.05) is 5.02 Å². The second kappa shape index (κ2) is 6.95. The first-order valence-corrected chi connectivity index (χ1v) is 8.48. The van der Waals surface area contributed by atoms with Crippen LogP contribution in [0.15, 0.2) is 18.2 Å². The van der Waals surface area contributed by atoms with Gasteiger partial charge < -0.3 is 11.1 Å². The summed E-state index contributed by atoms with van der Waals surface area (Å²) < 4.78 is 23.7. The summed E-state index contributed by atoms with van der Waals surface area (Å²) in [6.07, 6.45) is 0.755. The third-order valence-corrected chi connectivity index (χ3v) is 4.89. The van der Waals surface area contributed by atoms with Crippen LogP contribution in [-0.2, 0) is 14.6 Å². The highest BCUT2D eigenvalue weighted by Gasteiger charge is 2.19. The predicted molar refractivity (Wildman–Crippen MR) is 82.6 cm³/mol. The Labute approximate surface area is 124 Å². The molecule has 0 saturated heterocycles. The highest BCUT2D eigenvalue weighted by Crippen LogP contribution is 2.22. The van der Waals surface area contributed by atoms with Crippen molar-refractivity contribution in [3.05, 3.63) is 23.2 Å². The molecule has 1 aromatic rings. The maximum atomic E-state index is 11.8. The van der Waals surface area contributed by atoms with Crippen LogP contribution in [0.3, 0.4) is 0 Å². The number of nitrogens with two attached hydrogens (primary N) is 1. The van der Waals surface area contributed by atoms with Crippen molar-refractivity contribution in [2.75, 3.05) is 22.6 Å². The molecule has 0 aliphatic rings. The van der Waals surface area contributed by atoms with E-state index in [4.69, 9.17) is 17.3 Å². The third kappa shape index (κ3) is 5.38. The van der Waals surface area contributed by atoms with Crippen molar-refractivity contribution in [2.24, 2.45) is 5.92 Å². The third-order valence-electron chi connectivity index (χ3n) is 2.87. The number of rotatable bonds is 6. The number of carbonyl (C=O) groups is 1. The molecule has 1 atom stereocenters. The summed E-state index contributed by atoms with van der Waals surface area (Å²) in [5.74, 6) is -1.09. The zero-order valence-corrected chi connectivity index (χ0v) is 13.1. The Morgan fingerprint density at radius 2 is 2.10 bits per heavy atom. The van der Waals surface area contributed by atoms with Gasteiger partial charge in [-0.15, -0.1) is 0 Å². The van der Waals surface area contributed by atoms with Crippen LogP contribution >= 0.6 is 11.6 Å². The lowest BCUT2D eigenvalue weighted by molar-refractivity contribution is -0.113. The molecule has 1 amide bonds. The van der Waals surface area contributed by atoms with Crippen LogP contribution in [-0.4, -0.2) is 25.8 Å². The van der Waals surface area contributed by atoms with E-state index in [2.05, 4.69) is 5.32 Å². The summed E-state index contributed by atoms with van der Waals surface area (Å²) in [6.45, 7) is 3.75. The minimum absolute atomic E-state index is 0.00696. The Morgan fingerprint density at radius 1 is 1.45 bits per heavy atom. The van der Waals surface area contributed by atoms with E-state index in [0.717, 1.165) is 6.42 Å². The zero-order chi connectivity index (χ0) is 15.3. The minimum Gasteiger partial charge on any atom is -0.397 e. The molecule has 0 spiro atoms. The quantitative estimate of drug-likeness (QED) is 0.788. The maximum absolute atomic E-state index is 11.8. The molecule has 1 aromatic carbocycles. The molecule has 0 bridgehead atoms. The monoisotopic (exact) mass is 318 g/mol. The lowest BCUT2D eigenvalue weighted by Gasteiger charge is -2.11. The SMILES string of the molecule is CCC(C)CS(=O)(=O)CC(=O)Nc1ccc(Cl)cc1N. The summed E-state index contributed by atoms with van der Waals surface area (Å²) in [5.41, 5.74) is 6.34. The second-order valence-corrected chi connectivity index (χ2v) is 7.39. The van der Waals surface area contributed by atoms with Crippen molar-refractivity contribution in [2.45, 2.75) is 20.3 Å². The molecule has 20 heavy (non-hydrogen) atoms. The molecule has 0 fully saturated rings. The van der Waals surface area contributed by atoms with E-state index in [1.54, 1.807) is 6.07 Å². The Balaban J connectivity index is 2.68. The standard InChI is InChI=1S/C13H19ClN2O3S/c1-3-9(2)7-20(18,19)8-13(17)16-12-5-4-10(14)6-11(12)15/h4-6,9H,3,7-8,15H2,1-2H3,(H,16,17). The second-order valence-electron chi connectivity index (χ2n) is 4.85. The van der Waals surface area contributed by atoms with Crippen molar-refractivity contribution < 1.29 is 13.2 Å². The van der Waals surface area contributed by atoms with E-state index < -0.39 is 21.5 Å². The Morgan fingerprint density at radius 3 is 2.65 bits per heavy atom. The largest absolute Gasteiger partial charge is 0.397 e. The van der Waals surface area contributed by atoms with Gasteiger partial charge in [-0.3, -0.25) is 4.79 Å². The molecule has 1 rings (SSSR count). The number of nitrogens with one attached hydrogen (secondary N) is 1. The van der Waals surface area contributed by atoms with Crippen molar-refractivity contribution in [1.82, 2.24) is 0 Å². The molecule has 0 saturated carbocycles. The molecule has 3 N–H and O–H groups in total. The first kappa shape index (κ1) is 16.8. The molecule has 5 nitrogen and oxygen atoms in total. The van der Waals surface area contributed by atoms with Crippen LogP contribution in [0.4, 0.5) is 11.4 Å². The number of halogens is 1. The summed E-state index contributed by atoms with van der Waals surface area (Å²) in [6, 6.07) is 4.60. The van der Waals surface area contributed by atoms with Crippen LogP contribution in [0.1, 0.15) is 20.3 Å². The molecule has 0 radical (unpaired) electrons. The smallest absolute Gasteiger partial charge is 0.239 e. The predicted octanol–water partition coefficient (Wildman–Crippen LogP) is 2.32. The number of nitrogen functional groups attached to an aromatic ring is 1. The highest BCUT2D eigenvalue weighted by molar-refractivity contribution is 7.92. The average Bonchev–Trinajstić information content (AvgIpc) is 2.31. The van der Waals surface area contributed by atoms with Crippen molar-refractivity contribution in [3.8, 4) is 0 Å². The fourth-order valence-corrected chi connectivity index (χ4v) is 3.52. The van der Waals surface area contributed by atoms with Crippen molar-refractivity contribution >= 4 is 38.7 Å². The first-order valence-electron chi connectivity index (χ1n) is 6.29. The topological polar surface area (TPSA) is 89.3 Å². The first-order chi connectivity index (χ1) is 9.23. The van der Waals surface area contributed by atoms with Crippen LogP contribution in [0.25, 0.3) is 0 Å². The van der Waals surface area contributed by atoms with Crippen LogP contribution in [0.2, 0.25) is 5.02 Å². The Bertz CT molecular complexity index is 587. The number of hydrogen-bond acceptors (Lipinski definition) is 4. The van der Waals surface area contributed by atoms with Gasteiger partial charge >= 0.3 is 0 Å². The summed E-state index contributed by atoms with van der Waals surface area (Å²) in [7, 11) is -3.41. The van der Waals surface area contributed by atoms with Crippen LogP contribution in [0.5, 0.6) is 0 Å². The van der Waals surface area contributed by atoms with Crippen molar-refractivity contribution in [3.63, 3.8) is 0 Å². The number of anilines is 2. The molecular weight excluding hydrogens is 300 g/mol. The number of carbonyl (C=O) groups excluding carboxylic acids is 1. The molecule has 7 heteroatoms. The van der Waals surface area contributed by atoms with Gasteiger partial charge in [0.1, 0.15) is 5.75 Å². The summed E-state index contributed by atoms with van der Waals surface area (Å²) >= 11 is 5.74. The van der Waals surface area contributed by atoms with E-state index in [0.29, 0.717) is 16.4 Å². The fourth-order valence-electron chi connectivity index (χ4n) is 1.64. The molecule has 112 valence electrons. The lowest BCUT2D eigenvalue weighted by Crippen LogP contribution is -2.27. The van der Waals surface area contributed by atoms with E-state index in [9.17, 15) is 13.2 Å². The Kier molecular flexibility index (Phi) is 5.83. The number of sulfone groups is 1. The van der Waals surface area contributed by atoms with Crippen LogP contribution in [0, 0.1) is 5.92 Å². The molecule has 0 aromatic heterocycles. The average molecular weight is 319 g/mol. The molecular formula is C13H19ClN2O3S. The van der Waals surface area contributed by atoms with Gasteiger partial charge in [-0.1, -0.05) is 31.9 Å². The van der Waals surface area contributed by atoms with E-state index in [1.165, 1.54) is 12.1 Å². The van der Waals surface area contributed by atoms with Gasteiger partial charge in [-0.2, -0.15) is 0 Å². The number of benzene rings is 1.